The van der Waals surface area contributed by atoms with Crippen LogP contribution in [0.4, 0.5) is 22.0 Å². The molecule has 0 radical (unpaired) electrons. The first kappa shape index (κ1) is 16.1. The molecule has 2 rings (SSSR count). The normalized spacial score (nSPS) is 12.8. The Morgan fingerprint density at radius 3 is 2.55 bits per heavy atom. The van der Waals surface area contributed by atoms with Gasteiger partial charge in [0.15, 0.2) is 5.65 Å². The first-order valence-electron chi connectivity index (χ1n) is 6.06. The van der Waals surface area contributed by atoms with Gasteiger partial charge in [-0.05, 0) is 12.1 Å². The van der Waals surface area contributed by atoms with Gasteiger partial charge >= 0.3 is 12.1 Å². The highest BCUT2D eigenvalue weighted by Gasteiger charge is 2.56. The van der Waals surface area contributed by atoms with E-state index in [1.54, 1.807) is 0 Å². The monoisotopic (exact) mass is 322 g/mol. The lowest BCUT2D eigenvalue weighted by Crippen LogP contribution is -2.37. The van der Waals surface area contributed by atoms with Gasteiger partial charge < -0.3 is 9.90 Å². The van der Waals surface area contributed by atoms with Crippen molar-refractivity contribution in [3.8, 4) is 0 Å². The maximum Gasteiger partial charge on any atom is 0.453 e. The maximum absolute atomic E-state index is 12.9. The lowest BCUT2D eigenvalue weighted by molar-refractivity contribution is -0.304. The predicted octanol–water partition coefficient (Wildman–Crippen LogP) is 1.31. The minimum atomic E-state index is -5.66. The molecule has 2 aromatic rings. The van der Waals surface area contributed by atoms with Crippen LogP contribution in [-0.4, -0.2) is 32.8 Å². The van der Waals surface area contributed by atoms with Gasteiger partial charge in [-0.1, -0.05) is 0 Å². The SMILES string of the molecule is O=C([O-])Cc1nn(CCC(F)(F)C(F)(F)F)c2ncccc12. The zero-order valence-corrected chi connectivity index (χ0v) is 10.9. The summed E-state index contributed by atoms with van der Waals surface area (Å²) in [5.74, 6) is -6.31. The molecule has 0 saturated heterocycles. The highest BCUT2D eigenvalue weighted by Crippen LogP contribution is 2.38. The number of alkyl halides is 5. The van der Waals surface area contributed by atoms with Crippen molar-refractivity contribution < 1.29 is 31.9 Å². The largest absolute Gasteiger partial charge is 0.550 e. The predicted molar refractivity (Wildman–Crippen MR) is 61.9 cm³/mol. The molecule has 0 atom stereocenters. The molecule has 2 heterocycles. The van der Waals surface area contributed by atoms with Gasteiger partial charge in [0.1, 0.15) is 0 Å². The number of halogens is 5. The molecule has 0 bridgehead atoms. The number of carboxylic acids is 1. The molecule has 0 fully saturated rings. The third kappa shape index (κ3) is 3.15. The molecule has 0 aromatic carbocycles. The second-order valence-electron chi connectivity index (χ2n) is 4.55. The van der Waals surface area contributed by atoms with E-state index in [9.17, 15) is 31.9 Å². The van der Waals surface area contributed by atoms with Crippen LogP contribution in [0.15, 0.2) is 18.3 Å². The van der Waals surface area contributed by atoms with E-state index in [0.717, 1.165) is 4.68 Å². The summed E-state index contributed by atoms with van der Waals surface area (Å²) in [6.45, 7) is -0.757. The summed E-state index contributed by atoms with van der Waals surface area (Å²) in [4.78, 5) is 14.5. The van der Waals surface area contributed by atoms with Crippen molar-refractivity contribution in [1.29, 1.82) is 0 Å². The molecule has 0 aliphatic carbocycles. The van der Waals surface area contributed by atoms with Crippen LogP contribution < -0.4 is 5.11 Å². The Morgan fingerprint density at radius 1 is 1.27 bits per heavy atom. The van der Waals surface area contributed by atoms with Crippen molar-refractivity contribution in [2.75, 3.05) is 0 Å². The number of carboxylic acid groups (broad SMARTS) is 1. The minimum Gasteiger partial charge on any atom is -0.550 e. The lowest BCUT2D eigenvalue weighted by Gasteiger charge is -2.19. The average molecular weight is 322 g/mol. The van der Waals surface area contributed by atoms with E-state index < -0.39 is 37.5 Å². The molecule has 5 nitrogen and oxygen atoms in total. The van der Waals surface area contributed by atoms with Crippen molar-refractivity contribution in [3.05, 3.63) is 24.0 Å². The van der Waals surface area contributed by atoms with Crippen LogP contribution in [0.3, 0.4) is 0 Å². The molecule has 0 saturated carbocycles. The Kier molecular flexibility index (Phi) is 4.03. The second kappa shape index (κ2) is 5.50. The third-order valence-corrected chi connectivity index (χ3v) is 2.95. The van der Waals surface area contributed by atoms with E-state index >= 15 is 0 Å². The van der Waals surface area contributed by atoms with Crippen molar-refractivity contribution in [2.24, 2.45) is 0 Å². The van der Waals surface area contributed by atoms with Crippen molar-refractivity contribution in [2.45, 2.75) is 31.5 Å². The fourth-order valence-corrected chi connectivity index (χ4v) is 1.89. The van der Waals surface area contributed by atoms with Gasteiger partial charge in [0.25, 0.3) is 0 Å². The molecule has 0 unspecified atom stereocenters. The van der Waals surface area contributed by atoms with E-state index in [-0.39, 0.29) is 16.7 Å². The smallest absolute Gasteiger partial charge is 0.453 e. The summed E-state index contributed by atoms with van der Waals surface area (Å²) in [6, 6.07) is 2.92. The van der Waals surface area contributed by atoms with Crippen LogP contribution in [0.25, 0.3) is 11.0 Å². The number of carbonyl (C=O) groups is 1. The number of aliphatic carboxylic acids is 1. The van der Waals surface area contributed by atoms with E-state index in [4.69, 9.17) is 0 Å². The highest BCUT2D eigenvalue weighted by molar-refractivity contribution is 5.82. The van der Waals surface area contributed by atoms with E-state index in [1.807, 2.05) is 0 Å². The lowest BCUT2D eigenvalue weighted by atomic mass is 10.2. The molecule has 10 heteroatoms. The van der Waals surface area contributed by atoms with Crippen LogP contribution in [0.1, 0.15) is 12.1 Å². The Balaban J connectivity index is 2.30. The molecule has 2 aromatic heterocycles. The zero-order valence-electron chi connectivity index (χ0n) is 10.9. The van der Waals surface area contributed by atoms with Crippen LogP contribution in [0.5, 0.6) is 0 Å². The number of aryl methyl sites for hydroxylation is 1. The molecule has 120 valence electrons. The summed E-state index contributed by atoms with van der Waals surface area (Å²) < 4.78 is 63.2. The van der Waals surface area contributed by atoms with E-state index in [0.29, 0.717) is 0 Å². The molecule has 0 aliphatic rings. The molecule has 22 heavy (non-hydrogen) atoms. The molecule has 0 N–H and O–H groups in total. The average Bonchev–Trinajstić information content (AvgIpc) is 2.73. The zero-order chi connectivity index (χ0) is 16.5. The number of hydrogen-bond donors (Lipinski definition) is 0. The minimum absolute atomic E-state index is 0.00146. The summed E-state index contributed by atoms with van der Waals surface area (Å²) in [5.41, 5.74) is 0.0372. The Morgan fingerprint density at radius 2 is 1.95 bits per heavy atom. The van der Waals surface area contributed by atoms with Gasteiger partial charge in [0.2, 0.25) is 0 Å². The van der Waals surface area contributed by atoms with Crippen LogP contribution >= 0.6 is 0 Å². The van der Waals surface area contributed by atoms with Gasteiger partial charge in [-0.15, -0.1) is 0 Å². The van der Waals surface area contributed by atoms with Gasteiger partial charge in [-0.25, -0.2) is 9.67 Å². The maximum atomic E-state index is 12.9. The number of fused-ring (bicyclic) bond motifs is 1. The summed E-state index contributed by atoms with van der Waals surface area (Å²) >= 11 is 0. The number of pyridine rings is 1. The number of hydrogen-bond acceptors (Lipinski definition) is 4. The van der Waals surface area contributed by atoms with Crippen LogP contribution in [0.2, 0.25) is 0 Å². The molecular weight excluding hydrogens is 313 g/mol. The van der Waals surface area contributed by atoms with E-state index in [1.165, 1.54) is 18.3 Å². The Labute approximate surface area is 120 Å². The van der Waals surface area contributed by atoms with Gasteiger partial charge in [0, 0.05) is 36.9 Å². The van der Waals surface area contributed by atoms with Crippen molar-refractivity contribution in [1.82, 2.24) is 14.8 Å². The Hall–Kier alpha value is -2.26. The number of rotatable bonds is 5. The molecule has 0 amide bonds. The molecule has 0 spiro atoms. The second-order valence-corrected chi connectivity index (χ2v) is 4.55. The summed E-state index contributed by atoms with van der Waals surface area (Å²) in [5, 5.41) is 14.6. The highest BCUT2D eigenvalue weighted by atomic mass is 19.4. The first-order chi connectivity index (χ1) is 10.1. The van der Waals surface area contributed by atoms with E-state index in [2.05, 4.69) is 10.1 Å². The fourth-order valence-electron chi connectivity index (χ4n) is 1.89. The fraction of sp³-hybridized carbons (Fsp3) is 0.417. The van der Waals surface area contributed by atoms with Crippen LogP contribution in [0, 0.1) is 0 Å². The summed E-state index contributed by atoms with van der Waals surface area (Å²) in [6.07, 6.45) is -6.47. The van der Waals surface area contributed by atoms with Crippen molar-refractivity contribution in [3.63, 3.8) is 0 Å². The van der Waals surface area contributed by atoms with Crippen LogP contribution in [-0.2, 0) is 17.8 Å². The topological polar surface area (TPSA) is 70.8 Å². The van der Waals surface area contributed by atoms with Gasteiger partial charge in [0.05, 0.1) is 5.69 Å². The standard InChI is InChI=1S/C12H10F5N3O2/c13-11(14,12(15,16)17)3-5-20-10-7(2-1-4-18-10)8(19-20)6-9(21)22/h1-2,4H,3,5-6H2,(H,21,22)/p-1. The third-order valence-electron chi connectivity index (χ3n) is 2.95. The quantitative estimate of drug-likeness (QED) is 0.778. The van der Waals surface area contributed by atoms with Gasteiger partial charge in [-0.2, -0.15) is 27.1 Å². The number of carbonyl (C=O) groups excluding carboxylic acids is 1. The van der Waals surface area contributed by atoms with Gasteiger partial charge in [-0.3, -0.25) is 0 Å². The van der Waals surface area contributed by atoms with Crippen molar-refractivity contribution >= 4 is 17.0 Å². The first-order valence-corrected chi connectivity index (χ1v) is 6.06. The number of aromatic nitrogens is 3. The molecule has 0 aliphatic heterocycles. The Bertz CT molecular complexity index is 696. The number of nitrogens with zero attached hydrogens (tertiary/aromatic N) is 3. The summed E-state index contributed by atoms with van der Waals surface area (Å²) in [7, 11) is 0. The molecular formula is C12H9F5N3O2-.